The molecule has 2 aromatic rings. The van der Waals surface area contributed by atoms with Crippen LogP contribution < -0.4 is 10.1 Å². The Morgan fingerprint density at radius 2 is 1.74 bits per heavy atom. The molecule has 1 N–H and O–H groups in total. The molecule has 0 atom stereocenters. The predicted octanol–water partition coefficient (Wildman–Crippen LogP) is 4.48. The van der Waals surface area contributed by atoms with Crippen LogP contribution in [0.2, 0.25) is 0 Å². The predicted molar refractivity (Wildman–Crippen MR) is 91.9 cm³/mol. The summed E-state index contributed by atoms with van der Waals surface area (Å²) in [6.07, 6.45) is 0.326. The van der Waals surface area contributed by atoms with Gasteiger partial charge in [0, 0.05) is 6.61 Å². The van der Waals surface area contributed by atoms with Crippen LogP contribution in [0, 0.1) is 5.92 Å². The topological polar surface area (TPSA) is 47.6 Å². The normalized spacial score (nSPS) is 10.6. The summed E-state index contributed by atoms with van der Waals surface area (Å²) in [6, 6.07) is 16.9. The summed E-state index contributed by atoms with van der Waals surface area (Å²) in [6.45, 7) is 5.25. The molecule has 2 rings (SSSR count). The van der Waals surface area contributed by atoms with Crippen molar-refractivity contribution < 1.29 is 14.3 Å². The van der Waals surface area contributed by atoms with Gasteiger partial charge in [-0.25, -0.2) is 0 Å². The van der Waals surface area contributed by atoms with Crippen molar-refractivity contribution in [2.45, 2.75) is 20.3 Å². The Balaban J connectivity index is 1.91. The summed E-state index contributed by atoms with van der Waals surface area (Å²) in [5.41, 5.74) is 0.658. The smallest absolute Gasteiger partial charge is 0.226 e. The molecule has 0 saturated heterocycles. The summed E-state index contributed by atoms with van der Waals surface area (Å²) < 4.78 is 11.3. The van der Waals surface area contributed by atoms with Gasteiger partial charge in [0.1, 0.15) is 5.75 Å². The average Bonchev–Trinajstić information content (AvgIpc) is 2.54. The molecule has 0 unspecified atom stereocenters. The lowest BCUT2D eigenvalue weighted by Crippen LogP contribution is -2.15. The molecule has 0 saturated carbocycles. The van der Waals surface area contributed by atoms with Crippen molar-refractivity contribution in [2.24, 2.45) is 5.92 Å². The van der Waals surface area contributed by atoms with Gasteiger partial charge in [-0.05, 0) is 30.2 Å². The highest BCUT2D eigenvalue weighted by molar-refractivity contribution is 5.92. The molecule has 0 fully saturated rings. The summed E-state index contributed by atoms with van der Waals surface area (Å²) >= 11 is 0. The second kappa shape index (κ2) is 8.96. The van der Waals surface area contributed by atoms with Crippen LogP contribution in [0.5, 0.6) is 11.5 Å². The van der Waals surface area contributed by atoms with E-state index in [1.165, 1.54) is 0 Å². The second-order valence-corrected chi connectivity index (χ2v) is 5.68. The van der Waals surface area contributed by atoms with Crippen molar-refractivity contribution in [1.29, 1.82) is 0 Å². The van der Waals surface area contributed by atoms with Gasteiger partial charge in [-0.2, -0.15) is 0 Å². The summed E-state index contributed by atoms with van der Waals surface area (Å²) in [5.74, 6) is 1.74. The number of benzene rings is 2. The molecule has 0 radical (unpaired) electrons. The highest BCUT2D eigenvalue weighted by Crippen LogP contribution is 2.29. The number of hydrogen-bond donors (Lipinski definition) is 1. The maximum absolute atomic E-state index is 12.0. The van der Waals surface area contributed by atoms with Gasteiger partial charge >= 0.3 is 0 Å². The molecule has 1 amide bonds. The number of amides is 1. The van der Waals surface area contributed by atoms with Crippen LogP contribution >= 0.6 is 0 Å². The van der Waals surface area contributed by atoms with Crippen molar-refractivity contribution >= 4 is 11.6 Å². The molecule has 122 valence electrons. The largest absolute Gasteiger partial charge is 0.455 e. The van der Waals surface area contributed by atoms with Crippen molar-refractivity contribution in [3.05, 3.63) is 54.6 Å². The third-order valence-corrected chi connectivity index (χ3v) is 3.06. The number of nitrogens with one attached hydrogen (secondary N) is 1. The van der Waals surface area contributed by atoms with E-state index in [0.29, 0.717) is 37.0 Å². The standard InChI is InChI=1S/C19H23NO3/c1-15(2)14-22-13-12-19(21)20-17-10-6-7-11-18(17)23-16-8-4-3-5-9-16/h3-11,15H,12-14H2,1-2H3,(H,20,21). The van der Waals surface area contributed by atoms with Gasteiger partial charge in [-0.1, -0.05) is 44.2 Å². The fraction of sp³-hybridized carbons (Fsp3) is 0.316. The monoisotopic (exact) mass is 313 g/mol. The first-order chi connectivity index (χ1) is 11.1. The SMILES string of the molecule is CC(C)COCCC(=O)Nc1ccccc1Oc1ccccc1. The average molecular weight is 313 g/mol. The number of para-hydroxylation sites is 3. The molecule has 4 heteroatoms. The van der Waals surface area contributed by atoms with Crippen LogP contribution in [0.1, 0.15) is 20.3 Å². The Morgan fingerprint density at radius 3 is 2.48 bits per heavy atom. The van der Waals surface area contributed by atoms with Gasteiger partial charge in [0.2, 0.25) is 5.91 Å². The summed E-state index contributed by atoms with van der Waals surface area (Å²) in [7, 11) is 0. The maximum Gasteiger partial charge on any atom is 0.226 e. The Hall–Kier alpha value is -2.33. The van der Waals surface area contributed by atoms with E-state index in [4.69, 9.17) is 9.47 Å². The van der Waals surface area contributed by atoms with E-state index >= 15 is 0 Å². The summed E-state index contributed by atoms with van der Waals surface area (Å²) in [5, 5.41) is 2.87. The zero-order valence-corrected chi connectivity index (χ0v) is 13.6. The lowest BCUT2D eigenvalue weighted by atomic mass is 10.2. The minimum absolute atomic E-state index is 0.0853. The first-order valence-electron chi connectivity index (χ1n) is 7.84. The van der Waals surface area contributed by atoms with Gasteiger partial charge in [0.15, 0.2) is 5.75 Å². The van der Waals surface area contributed by atoms with Crippen molar-refractivity contribution in [2.75, 3.05) is 18.5 Å². The Labute approximate surface area is 137 Å². The highest BCUT2D eigenvalue weighted by Gasteiger charge is 2.08. The van der Waals surface area contributed by atoms with E-state index in [0.717, 1.165) is 5.75 Å². The molecular formula is C19H23NO3. The Kier molecular flexibility index (Phi) is 6.63. The van der Waals surface area contributed by atoms with Crippen LogP contribution in [0.15, 0.2) is 54.6 Å². The molecule has 4 nitrogen and oxygen atoms in total. The number of rotatable bonds is 8. The molecule has 23 heavy (non-hydrogen) atoms. The third-order valence-electron chi connectivity index (χ3n) is 3.06. The fourth-order valence-corrected chi connectivity index (χ4v) is 1.97. The minimum Gasteiger partial charge on any atom is -0.455 e. The Morgan fingerprint density at radius 1 is 1.04 bits per heavy atom. The van der Waals surface area contributed by atoms with E-state index in [9.17, 15) is 4.79 Å². The number of ether oxygens (including phenoxy) is 2. The number of hydrogen-bond acceptors (Lipinski definition) is 3. The first kappa shape index (κ1) is 17.0. The maximum atomic E-state index is 12.0. The second-order valence-electron chi connectivity index (χ2n) is 5.68. The van der Waals surface area contributed by atoms with Gasteiger partial charge in [-0.15, -0.1) is 0 Å². The molecule has 0 aromatic heterocycles. The Bertz CT molecular complexity index is 611. The first-order valence-corrected chi connectivity index (χ1v) is 7.84. The summed E-state index contributed by atoms with van der Waals surface area (Å²) in [4.78, 5) is 12.0. The van der Waals surface area contributed by atoms with Crippen LogP contribution in [-0.2, 0) is 9.53 Å². The van der Waals surface area contributed by atoms with Crippen molar-refractivity contribution in [3.63, 3.8) is 0 Å². The molecular weight excluding hydrogens is 290 g/mol. The van der Waals surface area contributed by atoms with Crippen LogP contribution in [-0.4, -0.2) is 19.1 Å². The van der Waals surface area contributed by atoms with E-state index in [2.05, 4.69) is 19.2 Å². The fourth-order valence-electron chi connectivity index (χ4n) is 1.97. The van der Waals surface area contributed by atoms with E-state index in [1.54, 1.807) is 0 Å². The van der Waals surface area contributed by atoms with Gasteiger partial charge in [0.25, 0.3) is 0 Å². The van der Waals surface area contributed by atoms with Crippen molar-refractivity contribution in [3.8, 4) is 11.5 Å². The molecule has 0 aliphatic heterocycles. The number of anilines is 1. The minimum atomic E-state index is -0.0853. The zero-order chi connectivity index (χ0) is 16.5. The third kappa shape index (κ3) is 6.12. The zero-order valence-electron chi connectivity index (χ0n) is 13.6. The van der Waals surface area contributed by atoms with E-state index in [1.807, 2.05) is 54.6 Å². The van der Waals surface area contributed by atoms with E-state index < -0.39 is 0 Å². The van der Waals surface area contributed by atoms with Gasteiger partial charge < -0.3 is 14.8 Å². The molecule has 2 aromatic carbocycles. The lowest BCUT2D eigenvalue weighted by Gasteiger charge is -2.12. The van der Waals surface area contributed by atoms with Gasteiger partial charge in [-0.3, -0.25) is 4.79 Å². The van der Waals surface area contributed by atoms with E-state index in [-0.39, 0.29) is 5.91 Å². The highest BCUT2D eigenvalue weighted by atomic mass is 16.5. The molecule has 0 aliphatic carbocycles. The number of carbonyl (C=O) groups excluding carboxylic acids is 1. The lowest BCUT2D eigenvalue weighted by molar-refractivity contribution is -0.117. The molecule has 0 aliphatic rings. The molecule has 0 heterocycles. The van der Waals surface area contributed by atoms with Crippen molar-refractivity contribution in [1.82, 2.24) is 0 Å². The van der Waals surface area contributed by atoms with Gasteiger partial charge in [0.05, 0.1) is 18.7 Å². The molecule has 0 spiro atoms. The quantitative estimate of drug-likeness (QED) is 0.731. The van der Waals surface area contributed by atoms with Crippen LogP contribution in [0.4, 0.5) is 5.69 Å². The number of carbonyl (C=O) groups is 1. The molecule has 0 bridgehead atoms. The van der Waals surface area contributed by atoms with Crippen LogP contribution in [0.25, 0.3) is 0 Å². The van der Waals surface area contributed by atoms with Crippen LogP contribution in [0.3, 0.4) is 0 Å².